The van der Waals surface area contributed by atoms with E-state index in [4.69, 9.17) is 5.73 Å². The molecular formula is C23H31ClN2OS. The van der Waals surface area contributed by atoms with E-state index in [1.807, 2.05) is 34.9 Å². The number of halogens is 1. The van der Waals surface area contributed by atoms with E-state index in [-0.39, 0.29) is 29.8 Å². The summed E-state index contributed by atoms with van der Waals surface area (Å²) in [5.74, 6) is 0.982. The first-order valence-electron chi connectivity index (χ1n) is 9.60. The first-order chi connectivity index (χ1) is 12.8. The van der Waals surface area contributed by atoms with Gasteiger partial charge in [0.15, 0.2) is 0 Å². The number of piperidine rings is 1. The molecule has 2 aromatic carbocycles. The lowest BCUT2D eigenvalue weighted by Gasteiger charge is -2.42. The van der Waals surface area contributed by atoms with Crippen molar-refractivity contribution in [3.8, 4) is 0 Å². The molecule has 0 bridgehead atoms. The van der Waals surface area contributed by atoms with Gasteiger partial charge in [0.05, 0.1) is 0 Å². The monoisotopic (exact) mass is 418 g/mol. The molecule has 0 saturated carbocycles. The highest BCUT2D eigenvalue weighted by Gasteiger charge is 2.35. The molecule has 28 heavy (non-hydrogen) atoms. The van der Waals surface area contributed by atoms with Crippen molar-refractivity contribution in [2.45, 2.75) is 50.8 Å². The molecule has 1 aliphatic heterocycles. The number of carbonyl (C=O) groups excluding carboxylic acids is 1. The summed E-state index contributed by atoms with van der Waals surface area (Å²) in [6, 6.07) is 14.8. The normalized spacial score (nSPS) is 18.5. The highest BCUT2D eigenvalue weighted by atomic mass is 35.5. The van der Waals surface area contributed by atoms with E-state index < -0.39 is 0 Å². The molecule has 1 unspecified atom stereocenters. The van der Waals surface area contributed by atoms with E-state index >= 15 is 0 Å². The van der Waals surface area contributed by atoms with Crippen LogP contribution in [0.4, 0.5) is 0 Å². The van der Waals surface area contributed by atoms with E-state index in [0.29, 0.717) is 6.54 Å². The van der Waals surface area contributed by atoms with Gasteiger partial charge < -0.3 is 10.6 Å². The average molecular weight is 419 g/mol. The maximum absolute atomic E-state index is 13.0. The smallest absolute Gasteiger partial charge is 0.253 e. The van der Waals surface area contributed by atoms with Crippen molar-refractivity contribution in [3.63, 3.8) is 0 Å². The van der Waals surface area contributed by atoms with E-state index in [1.54, 1.807) is 0 Å². The summed E-state index contributed by atoms with van der Waals surface area (Å²) in [7, 11) is 0. The molecule has 2 N–H and O–H groups in total. The minimum atomic E-state index is -0.0376. The SMILES string of the molecule is Cc1ccc(C)c(SCc2cccc(C(=O)N3CCC(N)C(C)(C)C3)c2)c1.Cl. The molecule has 152 valence electrons. The van der Waals surface area contributed by atoms with Crippen molar-refractivity contribution in [1.82, 2.24) is 4.90 Å². The summed E-state index contributed by atoms with van der Waals surface area (Å²) >= 11 is 1.83. The molecule has 0 spiro atoms. The second-order valence-electron chi connectivity index (χ2n) is 8.37. The molecule has 3 nitrogen and oxygen atoms in total. The zero-order chi connectivity index (χ0) is 19.6. The Morgan fingerprint density at radius 1 is 1.21 bits per heavy atom. The first-order valence-corrected chi connectivity index (χ1v) is 10.6. The number of hydrogen-bond acceptors (Lipinski definition) is 3. The molecule has 1 heterocycles. The second-order valence-corrected chi connectivity index (χ2v) is 9.39. The third kappa shape index (κ3) is 5.31. The van der Waals surface area contributed by atoms with Gasteiger partial charge in [-0.15, -0.1) is 24.2 Å². The van der Waals surface area contributed by atoms with Crippen LogP contribution in [0, 0.1) is 19.3 Å². The lowest BCUT2D eigenvalue weighted by Crippen LogP contribution is -2.54. The molecule has 0 radical (unpaired) electrons. The minimum absolute atomic E-state index is 0. The number of rotatable bonds is 4. The molecule has 1 aliphatic rings. The van der Waals surface area contributed by atoms with Crippen LogP contribution in [0.5, 0.6) is 0 Å². The van der Waals surface area contributed by atoms with Gasteiger partial charge in [-0.1, -0.05) is 43.7 Å². The van der Waals surface area contributed by atoms with Gasteiger partial charge in [0.2, 0.25) is 0 Å². The van der Waals surface area contributed by atoms with Crippen LogP contribution in [-0.4, -0.2) is 29.9 Å². The summed E-state index contributed by atoms with van der Waals surface area (Å²) in [6.07, 6.45) is 0.862. The molecule has 1 amide bonds. The number of amides is 1. The second kappa shape index (κ2) is 9.34. The standard InChI is InChI=1S/C23H30N2OS.ClH/c1-16-8-9-17(2)20(12-16)27-14-18-6-5-7-19(13-18)22(26)25-11-10-21(24)23(3,4)15-25;/h5-9,12-13,21H,10-11,14-15,24H2,1-4H3;1H. The predicted octanol–water partition coefficient (Wildman–Crippen LogP) is 5.22. The van der Waals surface area contributed by atoms with Crippen molar-refractivity contribution in [3.05, 3.63) is 64.7 Å². The predicted molar refractivity (Wildman–Crippen MR) is 121 cm³/mol. The summed E-state index contributed by atoms with van der Waals surface area (Å²) < 4.78 is 0. The van der Waals surface area contributed by atoms with Gasteiger partial charge in [0.1, 0.15) is 0 Å². The summed E-state index contributed by atoms with van der Waals surface area (Å²) in [5.41, 5.74) is 10.7. The van der Waals surface area contributed by atoms with Crippen LogP contribution in [0.3, 0.4) is 0 Å². The lowest BCUT2D eigenvalue weighted by molar-refractivity contribution is 0.0533. The van der Waals surface area contributed by atoms with E-state index in [1.165, 1.54) is 21.6 Å². The van der Waals surface area contributed by atoms with Gasteiger partial charge in [-0.3, -0.25) is 4.79 Å². The number of nitrogens with two attached hydrogens (primary N) is 1. The number of thioether (sulfide) groups is 1. The molecule has 5 heteroatoms. The van der Waals surface area contributed by atoms with Crippen LogP contribution in [0.25, 0.3) is 0 Å². The quantitative estimate of drug-likeness (QED) is 0.692. The molecule has 2 aromatic rings. The van der Waals surface area contributed by atoms with Gasteiger partial charge in [0.25, 0.3) is 5.91 Å². The van der Waals surface area contributed by atoms with Crippen molar-refractivity contribution >= 4 is 30.1 Å². The third-order valence-corrected chi connectivity index (χ3v) is 6.74. The molecule has 0 aliphatic carbocycles. The highest BCUT2D eigenvalue weighted by Crippen LogP contribution is 2.30. The highest BCUT2D eigenvalue weighted by molar-refractivity contribution is 7.98. The lowest BCUT2D eigenvalue weighted by atomic mass is 9.79. The summed E-state index contributed by atoms with van der Waals surface area (Å²) in [6.45, 7) is 10.0. The summed E-state index contributed by atoms with van der Waals surface area (Å²) in [5, 5.41) is 0. The zero-order valence-corrected chi connectivity index (χ0v) is 18.8. The molecule has 0 aromatic heterocycles. The maximum atomic E-state index is 13.0. The van der Waals surface area contributed by atoms with Crippen LogP contribution in [0.2, 0.25) is 0 Å². The number of aryl methyl sites for hydroxylation is 2. The van der Waals surface area contributed by atoms with Crippen LogP contribution in [0.15, 0.2) is 47.4 Å². The van der Waals surface area contributed by atoms with Crippen LogP contribution >= 0.6 is 24.2 Å². The fraction of sp³-hybridized carbons (Fsp3) is 0.435. The third-order valence-electron chi connectivity index (χ3n) is 5.51. The van der Waals surface area contributed by atoms with Gasteiger partial charge in [-0.05, 0) is 55.0 Å². The Balaban J connectivity index is 0.00000280. The fourth-order valence-electron chi connectivity index (χ4n) is 3.55. The van der Waals surface area contributed by atoms with E-state index in [2.05, 4.69) is 52.0 Å². The molecule has 3 rings (SSSR count). The van der Waals surface area contributed by atoms with Crippen molar-refractivity contribution in [2.75, 3.05) is 13.1 Å². The van der Waals surface area contributed by atoms with Gasteiger partial charge in [-0.2, -0.15) is 0 Å². The van der Waals surface area contributed by atoms with Crippen LogP contribution in [-0.2, 0) is 5.75 Å². The topological polar surface area (TPSA) is 46.3 Å². The number of hydrogen-bond donors (Lipinski definition) is 1. The summed E-state index contributed by atoms with van der Waals surface area (Å²) in [4.78, 5) is 16.3. The Bertz CT molecular complexity index is 837. The molecule has 1 atom stereocenters. The Morgan fingerprint density at radius 2 is 1.96 bits per heavy atom. The van der Waals surface area contributed by atoms with E-state index in [9.17, 15) is 4.79 Å². The van der Waals surface area contributed by atoms with Crippen LogP contribution < -0.4 is 5.73 Å². The Hall–Kier alpha value is -1.49. The first kappa shape index (κ1) is 22.8. The van der Waals surface area contributed by atoms with Gasteiger partial charge in [-0.25, -0.2) is 0 Å². The van der Waals surface area contributed by atoms with Crippen molar-refractivity contribution in [2.24, 2.45) is 11.1 Å². The number of benzene rings is 2. The Morgan fingerprint density at radius 3 is 2.68 bits per heavy atom. The van der Waals surface area contributed by atoms with Crippen LogP contribution in [0.1, 0.15) is 47.3 Å². The maximum Gasteiger partial charge on any atom is 0.253 e. The molecular weight excluding hydrogens is 388 g/mol. The van der Waals surface area contributed by atoms with Crippen molar-refractivity contribution < 1.29 is 4.79 Å². The molecule has 1 saturated heterocycles. The fourth-order valence-corrected chi connectivity index (χ4v) is 4.61. The van der Waals surface area contributed by atoms with E-state index in [0.717, 1.165) is 24.3 Å². The minimum Gasteiger partial charge on any atom is -0.338 e. The van der Waals surface area contributed by atoms with Gasteiger partial charge >= 0.3 is 0 Å². The number of likely N-dealkylation sites (tertiary alicyclic amines) is 1. The zero-order valence-electron chi connectivity index (χ0n) is 17.2. The number of nitrogens with zero attached hydrogens (tertiary/aromatic N) is 1. The number of carbonyl (C=O) groups is 1. The van der Waals surface area contributed by atoms with Gasteiger partial charge in [0, 0.05) is 35.3 Å². The molecule has 1 fully saturated rings. The largest absolute Gasteiger partial charge is 0.338 e. The van der Waals surface area contributed by atoms with Crippen molar-refractivity contribution in [1.29, 1.82) is 0 Å². The average Bonchev–Trinajstić information content (AvgIpc) is 2.64. The Labute approximate surface area is 179 Å². The Kier molecular flexibility index (Phi) is 7.60.